The number of esters is 1. The normalized spacial score (nSPS) is 23.5. The lowest BCUT2D eigenvalue weighted by Crippen LogP contribution is -2.50. The van der Waals surface area contributed by atoms with Crippen molar-refractivity contribution >= 4 is 12.0 Å². The molecule has 118 valence electrons. The zero-order valence-electron chi connectivity index (χ0n) is 12.2. The third-order valence-electron chi connectivity index (χ3n) is 3.44. The second-order valence-corrected chi connectivity index (χ2v) is 4.95. The van der Waals surface area contributed by atoms with Crippen LogP contribution in [0.5, 0.6) is 0 Å². The molecular weight excluding hydrogens is 276 g/mol. The molecule has 1 unspecified atom stereocenters. The highest BCUT2D eigenvalue weighted by Gasteiger charge is 2.27. The first-order valence-corrected chi connectivity index (χ1v) is 7.12. The zero-order chi connectivity index (χ0) is 15.2. The van der Waals surface area contributed by atoms with Gasteiger partial charge in [-0.05, 0) is 6.92 Å². The van der Waals surface area contributed by atoms with Gasteiger partial charge in [0, 0.05) is 31.9 Å². The average molecular weight is 298 g/mol. The van der Waals surface area contributed by atoms with E-state index >= 15 is 0 Å². The first-order valence-electron chi connectivity index (χ1n) is 7.12. The van der Waals surface area contributed by atoms with Gasteiger partial charge in [-0.25, -0.2) is 9.59 Å². The minimum absolute atomic E-state index is 0.0113. The Balaban J connectivity index is 2.08. The fourth-order valence-electron chi connectivity index (χ4n) is 2.37. The molecule has 0 bridgehead atoms. The molecule has 0 saturated carbocycles. The van der Waals surface area contributed by atoms with Crippen molar-refractivity contribution in [1.82, 2.24) is 15.5 Å². The van der Waals surface area contributed by atoms with E-state index in [1.807, 2.05) is 0 Å². The maximum Gasteiger partial charge on any atom is 0.337 e. The predicted octanol–water partition coefficient (Wildman–Crippen LogP) is -1.22. The van der Waals surface area contributed by atoms with Crippen LogP contribution in [0.4, 0.5) is 4.79 Å². The van der Waals surface area contributed by atoms with E-state index in [4.69, 9.17) is 15.2 Å². The third-order valence-corrected chi connectivity index (χ3v) is 3.44. The summed E-state index contributed by atoms with van der Waals surface area (Å²) in [6.45, 7) is 5.17. The van der Waals surface area contributed by atoms with Crippen molar-refractivity contribution in [3.63, 3.8) is 0 Å². The number of urea groups is 1. The van der Waals surface area contributed by atoms with Gasteiger partial charge in [0.1, 0.15) is 0 Å². The number of hydrogen-bond donors (Lipinski definition) is 3. The number of rotatable bonds is 5. The first kappa shape index (κ1) is 15.7. The van der Waals surface area contributed by atoms with Crippen LogP contribution in [0.25, 0.3) is 0 Å². The average Bonchev–Trinajstić information content (AvgIpc) is 2.48. The Kier molecular flexibility index (Phi) is 5.54. The number of hydrogen-bond acceptors (Lipinski definition) is 6. The fraction of sp³-hybridized carbons (Fsp3) is 0.692. The summed E-state index contributed by atoms with van der Waals surface area (Å²) in [5.74, 6) is -0.399. The lowest BCUT2D eigenvalue weighted by molar-refractivity contribution is -0.138. The summed E-state index contributed by atoms with van der Waals surface area (Å²) in [7, 11) is 0. The van der Waals surface area contributed by atoms with Crippen LogP contribution in [0.2, 0.25) is 0 Å². The second kappa shape index (κ2) is 7.39. The summed E-state index contributed by atoms with van der Waals surface area (Å²) < 4.78 is 10.5. The number of amides is 2. The molecule has 0 aromatic carbocycles. The number of ether oxygens (including phenoxy) is 2. The van der Waals surface area contributed by atoms with Crippen molar-refractivity contribution < 1.29 is 19.1 Å². The molecule has 2 amide bonds. The van der Waals surface area contributed by atoms with Crippen LogP contribution in [-0.2, 0) is 14.3 Å². The van der Waals surface area contributed by atoms with E-state index < -0.39 is 5.97 Å². The Bertz CT molecular complexity index is 438. The van der Waals surface area contributed by atoms with E-state index in [2.05, 4.69) is 15.5 Å². The fourth-order valence-corrected chi connectivity index (χ4v) is 2.37. The van der Waals surface area contributed by atoms with Gasteiger partial charge in [-0.1, -0.05) is 0 Å². The van der Waals surface area contributed by atoms with Crippen LogP contribution in [-0.4, -0.2) is 68.9 Å². The summed E-state index contributed by atoms with van der Waals surface area (Å²) in [6.07, 6.45) is -0.0113. The van der Waals surface area contributed by atoms with Crippen LogP contribution in [0.15, 0.2) is 11.3 Å². The van der Waals surface area contributed by atoms with Crippen molar-refractivity contribution in [2.45, 2.75) is 13.0 Å². The molecule has 0 aliphatic carbocycles. The minimum Gasteiger partial charge on any atom is -0.463 e. The van der Waals surface area contributed by atoms with Gasteiger partial charge >= 0.3 is 12.0 Å². The standard InChI is InChI=1S/C13H22N4O4/c1-2-20-12(18)10-6-15-13(19)16-11(10)8-17-3-4-21-9(5-14)7-17/h9H,2-8,14H2,1H3,(H2,15,16,19). The molecule has 8 heteroatoms. The van der Waals surface area contributed by atoms with Gasteiger partial charge in [0.05, 0.1) is 31.4 Å². The van der Waals surface area contributed by atoms with Crippen molar-refractivity contribution in [3.05, 3.63) is 11.3 Å². The van der Waals surface area contributed by atoms with Gasteiger partial charge in [0.2, 0.25) is 0 Å². The number of carbonyl (C=O) groups excluding carboxylic acids is 2. The highest BCUT2D eigenvalue weighted by Crippen LogP contribution is 2.12. The summed E-state index contributed by atoms with van der Waals surface area (Å²) >= 11 is 0. The summed E-state index contributed by atoms with van der Waals surface area (Å²) in [6, 6.07) is -0.304. The van der Waals surface area contributed by atoms with Crippen LogP contribution >= 0.6 is 0 Å². The Morgan fingerprint density at radius 1 is 1.57 bits per heavy atom. The molecule has 8 nitrogen and oxygen atoms in total. The second-order valence-electron chi connectivity index (χ2n) is 4.95. The van der Waals surface area contributed by atoms with Gasteiger partial charge in [0.25, 0.3) is 0 Å². The molecule has 1 atom stereocenters. The van der Waals surface area contributed by atoms with Crippen LogP contribution in [0.1, 0.15) is 6.92 Å². The summed E-state index contributed by atoms with van der Waals surface area (Å²) in [4.78, 5) is 25.5. The molecule has 21 heavy (non-hydrogen) atoms. The Labute approximate surface area is 123 Å². The van der Waals surface area contributed by atoms with Crippen molar-refractivity contribution in [2.24, 2.45) is 5.73 Å². The number of nitrogens with zero attached hydrogens (tertiary/aromatic N) is 1. The van der Waals surface area contributed by atoms with E-state index in [1.165, 1.54) is 0 Å². The molecular formula is C13H22N4O4. The van der Waals surface area contributed by atoms with Crippen LogP contribution < -0.4 is 16.4 Å². The van der Waals surface area contributed by atoms with Gasteiger partial charge in [0.15, 0.2) is 0 Å². The number of nitrogens with two attached hydrogens (primary N) is 1. The minimum atomic E-state index is -0.399. The van der Waals surface area contributed by atoms with Gasteiger partial charge < -0.3 is 25.8 Å². The monoisotopic (exact) mass is 298 g/mol. The molecule has 1 saturated heterocycles. The number of carbonyl (C=O) groups is 2. The quantitative estimate of drug-likeness (QED) is 0.549. The van der Waals surface area contributed by atoms with E-state index in [0.717, 1.165) is 6.54 Å². The Hall–Kier alpha value is -1.64. The van der Waals surface area contributed by atoms with Crippen LogP contribution in [0, 0.1) is 0 Å². The van der Waals surface area contributed by atoms with Crippen LogP contribution in [0.3, 0.4) is 0 Å². The van der Waals surface area contributed by atoms with E-state index in [0.29, 0.717) is 44.1 Å². The van der Waals surface area contributed by atoms with Crippen molar-refractivity contribution in [2.75, 3.05) is 45.9 Å². The lowest BCUT2D eigenvalue weighted by Gasteiger charge is -2.34. The maximum atomic E-state index is 11.9. The van der Waals surface area contributed by atoms with E-state index in [1.54, 1.807) is 6.92 Å². The molecule has 0 radical (unpaired) electrons. The molecule has 2 aliphatic heterocycles. The molecule has 0 aromatic rings. The first-order chi connectivity index (χ1) is 10.1. The molecule has 0 spiro atoms. The smallest absolute Gasteiger partial charge is 0.337 e. The van der Waals surface area contributed by atoms with E-state index in [9.17, 15) is 9.59 Å². The summed E-state index contributed by atoms with van der Waals surface area (Å²) in [5.41, 5.74) is 6.68. The number of nitrogens with one attached hydrogen (secondary N) is 2. The highest BCUT2D eigenvalue weighted by atomic mass is 16.5. The molecule has 4 N–H and O–H groups in total. The van der Waals surface area contributed by atoms with Gasteiger partial charge in [-0.15, -0.1) is 0 Å². The number of morpholine rings is 1. The molecule has 2 heterocycles. The Morgan fingerprint density at radius 2 is 2.38 bits per heavy atom. The largest absolute Gasteiger partial charge is 0.463 e. The molecule has 2 aliphatic rings. The van der Waals surface area contributed by atoms with E-state index in [-0.39, 0.29) is 18.7 Å². The third kappa shape index (κ3) is 4.16. The zero-order valence-corrected chi connectivity index (χ0v) is 12.2. The SMILES string of the molecule is CCOC(=O)C1=C(CN2CCOC(CN)C2)NC(=O)NC1. The molecule has 0 aromatic heterocycles. The molecule has 2 rings (SSSR count). The summed E-state index contributed by atoms with van der Waals surface area (Å²) in [5, 5.41) is 5.29. The van der Waals surface area contributed by atoms with Crippen molar-refractivity contribution in [3.8, 4) is 0 Å². The molecule has 1 fully saturated rings. The highest BCUT2D eigenvalue weighted by molar-refractivity contribution is 5.93. The lowest BCUT2D eigenvalue weighted by atomic mass is 10.1. The Morgan fingerprint density at radius 3 is 3.10 bits per heavy atom. The maximum absolute atomic E-state index is 11.9. The topological polar surface area (TPSA) is 106 Å². The van der Waals surface area contributed by atoms with Gasteiger partial charge in [-0.3, -0.25) is 4.90 Å². The van der Waals surface area contributed by atoms with Crippen molar-refractivity contribution in [1.29, 1.82) is 0 Å². The van der Waals surface area contributed by atoms with Gasteiger partial charge in [-0.2, -0.15) is 0 Å². The predicted molar refractivity (Wildman–Crippen MR) is 75.4 cm³/mol.